The van der Waals surface area contributed by atoms with Crippen LogP contribution < -0.4 is 9.64 Å². The number of carbonyl (C=O) groups is 3. The maximum absolute atomic E-state index is 12.5. The van der Waals surface area contributed by atoms with Crippen molar-refractivity contribution in [1.29, 1.82) is 0 Å². The van der Waals surface area contributed by atoms with Crippen LogP contribution in [-0.4, -0.2) is 29.4 Å². The molecule has 0 saturated carbocycles. The van der Waals surface area contributed by atoms with Crippen LogP contribution in [0, 0.1) is 0 Å². The number of fused-ring (bicyclic) bond motifs is 1. The van der Waals surface area contributed by atoms with Crippen LogP contribution in [0.25, 0.3) is 0 Å². The fraction of sp³-hybridized carbons (Fsp3) is 0.167. The summed E-state index contributed by atoms with van der Waals surface area (Å²) in [5.74, 6) is -0.679. The van der Waals surface area contributed by atoms with Gasteiger partial charge in [-0.2, -0.15) is 0 Å². The van der Waals surface area contributed by atoms with Crippen LogP contribution in [0.5, 0.6) is 5.75 Å². The molecule has 0 aromatic heterocycles. The number of anilines is 1. The lowest BCUT2D eigenvalue weighted by atomic mass is 10.1. The minimum Gasteiger partial charge on any atom is -0.479 e. The van der Waals surface area contributed by atoms with Gasteiger partial charge in [0.1, 0.15) is 12.0 Å². The number of carbonyl (C=O) groups excluding carboxylic acids is 2. The maximum atomic E-state index is 12.5. The second-order valence-corrected chi connectivity index (χ2v) is 5.53. The highest BCUT2D eigenvalue weighted by atomic mass is 16.5. The molecule has 3 rings (SSSR count). The first-order valence-electron chi connectivity index (χ1n) is 7.39. The average molecular weight is 325 g/mol. The van der Waals surface area contributed by atoms with Crippen molar-refractivity contribution in [2.75, 3.05) is 4.90 Å². The van der Waals surface area contributed by atoms with Crippen LogP contribution in [0.2, 0.25) is 0 Å². The van der Waals surface area contributed by atoms with E-state index < -0.39 is 12.1 Å². The van der Waals surface area contributed by atoms with Crippen molar-refractivity contribution >= 4 is 23.9 Å². The Balaban J connectivity index is 1.95. The second kappa shape index (κ2) is 6.16. The Labute approximate surface area is 138 Å². The van der Waals surface area contributed by atoms with Crippen LogP contribution in [0.1, 0.15) is 33.2 Å². The number of ether oxygens (including phenoxy) is 1. The summed E-state index contributed by atoms with van der Waals surface area (Å²) in [6, 6.07) is 11.2. The molecule has 122 valence electrons. The van der Waals surface area contributed by atoms with Crippen molar-refractivity contribution in [3.05, 3.63) is 59.2 Å². The SMILES string of the molecule is CC1Oc2ccc(C=O)cc2N(Cc2ccc(C(=O)O)cc2)C1=O. The molecule has 1 atom stereocenters. The summed E-state index contributed by atoms with van der Waals surface area (Å²) in [7, 11) is 0. The highest BCUT2D eigenvalue weighted by Gasteiger charge is 2.31. The molecule has 0 spiro atoms. The van der Waals surface area contributed by atoms with Gasteiger partial charge in [0.05, 0.1) is 17.8 Å². The van der Waals surface area contributed by atoms with Crippen molar-refractivity contribution in [3.8, 4) is 5.75 Å². The van der Waals surface area contributed by atoms with Crippen molar-refractivity contribution < 1.29 is 24.2 Å². The number of hydrogen-bond acceptors (Lipinski definition) is 4. The third-order valence-corrected chi connectivity index (χ3v) is 3.87. The molecule has 2 aromatic carbocycles. The van der Waals surface area contributed by atoms with E-state index in [9.17, 15) is 14.4 Å². The van der Waals surface area contributed by atoms with E-state index in [1.807, 2.05) is 0 Å². The molecule has 1 heterocycles. The fourth-order valence-corrected chi connectivity index (χ4v) is 2.60. The van der Waals surface area contributed by atoms with Gasteiger partial charge in [0.25, 0.3) is 5.91 Å². The summed E-state index contributed by atoms with van der Waals surface area (Å²) in [6.07, 6.45) is 0.0840. The van der Waals surface area contributed by atoms with Crippen molar-refractivity contribution in [2.45, 2.75) is 19.6 Å². The summed E-state index contributed by atoms with van der Waals surface area (Å²) in [5.41, 5.74) is 1.95. The standard InChI is InChI=1S/C18H15NO5/c1-11-17(21)19(9-12-2-5-14(6-3-12)18(22)23)15-8-13(10-20)4-7-16(15)24-11/h2-8,10-11H,9H2,1H3,(H,22,23). The van der Waals surface area contributed by atoms with Gasteiger partial charge in [0.15, 0.2) is 6.10 Å². The van der Waals surface area contributed by atoms with Gasteiger partial charge in [-0.05, 0) is 42.8 Å². The van der Waals surface area contributed by atoms with Gasteiger partial charge in [-0.15, -0.1) is 0 Å². The lowest BCUT2D eigenvalue weighted by Crippen LogP contribution is -2.44. The molecule has 2 aromatic rings. The van der Waals surface area contributed by atoms with Gasteiger partial charge in [0, 0.05) is 5.56 Å². The van der Waals surface area contributed by atoms with Gasteiger partial charge in [-0.25, -0.2) is 4.79 Å². The highest BCUT2D eigenvalue weighted by Crippen LogP contribution is 2.35. The van der Waals surface area contributed by atoms with E-state index >= 15 is 0 Å². The molecule has 24 heavy (non-hydrogen) atoms. The molecule has 6 nitrogen and oxygen atoms in total. The van der Waals surface area contributed by atoms with E-state index in [0.29, 0.717) is 23.3 Å². The van der Waals surface area contributed by atoms with Crippen molar-refractivity contribution in [1.82, 2.24) is 0 Å². The largest absolute Gasteiger partial charge is 0.479 e. The Morgan fingerprint density at radius 3 is 2.58 bits per heavy atom. The van der Waals surface area contributed by atoms with E-state index in [1.54, 1.807) is 42.2 Å². The molecule has 6 heteroatoms. The minimum atomic E-state index is -1.00. The molecule has 1 aliphatic rings. The van der Waals surface area contributed by atoms with E-state index in [-0.39, 0.29) is 18.0 Å². The number of carboxylic acids is 1. The van der Waals surface area contributed by atoms with Crippen molar-refractivity contribution in [2.24, 2.45) is 0 Å². The summed E-state index contributed by atoms with van der Waals surface area (Å²) >= 11 is 0. The van der Waals surface area contributed by atoms with Crippen LogP contribution in [0.3, 0.4) is 0 Å². The molecule has 1 unspecified atom stereocenters. The Kier molecular flexibility index (Phi) is 4.04. The third kappa shape index (κ3) is 2.86. The Hall–Kier alpha value is -3.15. The molecule has 1 N–H and O–H groups in total. The lowest BCUT2D eigenvalue weighted by molar-refractivity contribution is -0.125. The average Bonchev–Trinajstić information content (AvgIpc) is 2.59. The molecular formula is C18H15NO5. The summed E-state index contributed by atoms with van der Waals surface area (Å²) in [4.78, 5) is 36.0. The molecule has 0 radical (unpaired) electrons. The van der Waals surface area contributed by atoms with Gasteiger partial charge in [-0.3, -0.25) is 9.59 Å². The van der Waals surface area contributed by atoms with Gasteiger partial charge >= 0.3 is 5.97 Å². The molecule has 0 fully saturated rings. The predicted molar refractivity (Wildman–Crippen MR) is 86.5 cm³/mol. The van der Waals surface area contributed by atoms with Crippen molar-refractivity contribution in [3.63, 3.8) is 0 Å². The quantitative estimate of drug-likeness (QED) is 0.873. The normalized spacial score (nSPS) is 16.3. The fourth-order valence-electron chi connectivity index (χ4n) is 2.60. The Morgan fingerprint density at radius 2 is 1.96 bits per heavy atom. The first kappa shape index (κ1) is 15.7. The van der Waals surface area contributed by atoms with Gasteiger partial charge in [-0.1, -0.05) is 12.1 Å². The molecular weight excluding hydrogens is 310 g/mol. The van der Waals surface area contributed by atoms with E-state index in [1.165, 1.54) is 12.1 Å². The predicted octanol–water partition coefficient (Wildman–Crippen LogP) is 2.51. The van der Waals surface area contributed by atoms with Crippen LogP contribution in [0.4, 0.5) is 5.69 Å². The van der Waals surface area contributed by atoms with Crippen LogP contribution >= 0.6 is 0 Å². The van der Waals surface area contributed by atoms with E-state index in [0.717, 1.165) is 5.56 Å². The van der Waals surface area contributed by atoms with E-state index in [2.05, 4.69) is 0 Å². The smallest absolute Gasteiger partial charge is 0.335 e. The Bertz CT molecular complexity index is 813. The molecule has 0 aliphatic carbocycles. The van der Waals surface area contributed by atoms with E-state index in [4.69, 9.17) is 9.84 Å². The molecule has 0 saturated heterocycles. The summed E-state index contributed by atoms with van der Waals surface area (Å²) in [5, 5.41) is 8.95. The Morgan fingerprint density at radius 1 is 1.25 bits per heavy atom. The zero-order chi connectivity index (χ0) is 17.3. The molecule has 1 aliphatic heterocycles. The number of nitrogens with zero attached hydrogens (tertiary/aromatic N) is 1. The highest BCUT2D eigenvalue weighted by molar-refractivity contribution is 6.00. The van der Waals surface area contributed by atoms with Crippen LogP contribution in [-0.2, 0) is 11.3 Å². The summed E-state index contributed by atoms with van der Waals surface area (Å²) < 4.78 is 5.58. The topological polar surface area (TPSA) is 83.9 Å². The molecule has 0 bridgehead atoms. The monoisotopic (exact) mass is 325 g/mol. The first-order valence-corrected chi connectivity index (χ1v) is 7.39. The zero-order valence-corrected chi connectivity index (χ0v) is 12.9. The van der Waals surface area contributed by atoms with Crippen LogP contribution in [0.15, 0.2) is 42.5 Å². The maximum Gasteiger partial charge on any atom is 0.335 e. The minimum absolute atomic E-state index is 0.184. The first-order chi connectivity index (χ1) is 11.5. The number of rotatable bonds is 4. The van der Waals surface area contributed by atoms with Gasteiger partial charge in [0.2, 0.25) is 0 Å². The molecule has 1 amide bonds. The number of carboxylic acid groups (broad SMARTS) is 1. The number of aldehydes is 1. The summed E-state index contributed by atoms with van der Waals surface area (Å²) in [6.45, 7) is 1.93. The second-order valence-electron chi connectivity index (χ2n) is 5.53. The number of hydrogen-bond donors (Lipinski definition) is 1. The number of amides is 1. The number of aromatic carboxylic acids is 1. The lowest BCUT2D eigenvalue weighted by Gasteiger charge is -2.33. The zero-order valence-electron chi connectivity index (χ0n) is 12.9. The van der Waals surface area contributed by atoms with Gasteiger partial charge < -0.3 is 14.7 Å². The third-order valence-electron chi connectivity index (χ3n) is 3.87. The number of benzene rings is 2.